The van der Waals surface area contributed by atoms with Crippen molar-refractivity contribution in [3.8, 4) is 0 Å². The first kappa shape index (κ1) is 18.4. The van der Waals surface area contributed by atoms with Crippen LogP contribution in [-0.2, 0) is 9.59 Å². The van der Waals surface area contributed by atoms with Crippen LogP contribution < -0.4 is 10.6 Å². The lowest BCUT2D eigenvalue weighted by atomic mass is 9.95. The molecule has 1 aliphatic rings. The summed E-state index contributed by atoms with van der Waals surface area (Å²) in [5.41, 5.74) is 0.410. The molecule has 1 aromatic carbocycles. The minimum absolute atomic E-state index is 0.0528. The van der Waals surface area contributed by atoms with E-state index in [0.29, 0.717) is 5.69 Å². The zero-order chi connectivity index (χ0) is 17.5. The molecule has 2 rings (SSSR count). The summed E-state index contributed by atoms with van der Waals surface area (Å²) in [6.07, 6.45) is 5.61. The van der Waals surface area contributed by atoms with Gasteiger partial charge in [-0.05, 0) is 45.0 Å². The van der Waals surface area contributed by atoms with Gasteiger partial charge in [-0.1, -0.05) is 25.3 Å². The summed E-state index contributed by atoms with van der Waals surface area (Å²) in [4.78, 5) is 26.0. The number of anilines is 1. The minimum Gasteiger partial charge on any atom is -0.352 e. The van der Waals surface area contributed by atoms with Crippen molar-refractivity contribution in [2.24, 2.45) is 0 Å². The van der Waals surface area contributed by atoms with E-state index in [4.69, 9.17) is 0 Å². The maximum Gasteiger partial charge on any atom is 0.238 e. The van der Waals surface area contributed by atoms with Crippen LogP contribution in [-0.4, -0.2) is 42.4 Å². The molecule has 0 aliphatic heterocycles. The summed E-state index contributed by atoms with van der Waals surface area (Å²) in [6, 6.07) is 5.60. The maximum absolute atomic E-state index is 13.1. The predicted octanol–water partition coefficient (Wildman–Crippen LogP) is 2.53. The van der Waals surface area contributed by atoms with Gasteiger partial charge in [-0.25, -0.2) is 4.39 Å². The number of rotatable bonds is 6. The molecule has 0 aromatic heterocycles. The monoisotopic (exact) mass is 335 g/mol. The number of carbonyl (C=O) groups excluding carboxylic acids is 2. The molecule has 0 heterocycles. The molecule has 0 bridgehead atoms. The molecule has 1 fully saturated rings. The molecule has 0 saturated heterocycles. The minimum atomic E-state index is -0.401. The normalized spacial score (nSPS) is 16.7. The number of nitrogens with one attached hydrogen (secondary N) is 2. The van der Waals surface area contributed by atoms with Crippen LogP contribution in [0.25, 0.3) is 0 Å². The molecule has 1 saturated carbocycles. The average Bonchev–Trinajstić information content (AvgIpc) is 2.54. The molecule has 1 aliphatic carbocycles. The number of hydrogen-bond donors (Lipinski definition) is 2. The third kappa shape index (κ3) is 5.60. The summed E-state index contributed by atoms with van der Waals surface area (Å²) in [5, 5.41) is 5.70. The average molecular weight is 335 g/mol. The maximum atomic E-state index is 13.1. The Morgan fingerprint density at radius 3 is 2.67 bits per heavy atom. The number of carbonyl (C=O) groups is 2. The van der Waals surface area contributed by atoms with Crippen LogP contribution in [0.5, 0.6) is 0 Å². The van der Waals surface area contributed by atoms with Crippen molar-refractivity contribution in [2.45, 2.75) is 51.1 Å². The van der Waals surface area contributed by atoms with Crippen molar-refractivity contribution in [1.29, 1.82) is 0 Å². The van der Waals surface area contributed by atoms with E-state index in [0.717, 1.165) is 25.7 Å². The molecule has 2 amide bonds. The van der Waals surface area contributed by atoms with E-state index in [1.807, 2.05) is 0 Å². The number of hydrogen-bond acceptors (Lipinski definition) is 3. The highest BCUT2D eigenvalue weighted by Gasteiger charge is 2.23. The second-order valence-electron chi connectivity index (χ2n) is 6.49. The molecule has 24 heavy (non-hydrogen) atoms. The standard InChI is InChI=1S/C18H26FN3O2/c1-13(18(24)21-15-8-4-3-5-9-15)22(2)12-17(23)20-16-10-6-7-14(19)11-16/h6-7,10-11,13,15H,3-5,8-9,12H2,1-2H3,(H,20,23)(H,21,24). The molecule has 2 N–H and O–H groups in total. The van der Waals surface area contributed by atoms with Crippen molar-refractivity contribution in [3.05, 3.63) is 30.1 Å². The van der Waals surface area contributed by atoms with Gasteiger partial charge in [0, 0.05) is 11.7 Å². The van der Waals surface area contributed by atoms with E-state index in [2.05, 4.69) is 10.6 Å². The molecule has 1 atom stereocenters. The largest absolute Gasteiger partial charge is 0.352 e. The van der Waals surface area contributed by atoms with Crippen molar-refractivity contribution >= 4 is 17.5 Å². The van der Waals surface area contributed by atoms with Crippen molar-refractivity contribution in [3.63, 3.8) is 0 Å². The quantitative estimate of drug-likeness (QED) is 0.840. The van der Waals surface area contributed by atoms with Gasteiger partial charge in [-0.3, -0.25) is 14.5 Å². The van der Waals surface area contributed by atoms with Crippen LogP contribution in [0, 0.1) is 5.82 Å². The number of likely N-dealkylation sites (N-methyl/N-ethyl adjacent to an activating group) is 1. The Morgan fingerprint density at radius 1 is 1.29 bits per heavy atom. The van der Waals surface area contributed by atoms with Gasteiger partial charge in [0.1, 0.15) is 5.82 Å². The molecule has 0 radical (unpaired) electrons. The summed E-state index contributed by atoms with van der Waals surface area (Å²) < 4.78 is 13.1. The molecular weight excluding hydrogens is 309 g/mol. The predicted molar refractivity (Wildman–Crippen MR) is 92.1 cm³/mol. The van der Waals surface area contributed by atoms with Crippen molar-refractivity contribution in [1.82, 2.24) is 10.2 Å². The fraction of sp³-hybridized carbons (Fsp3) is 0.556. The Hall–Kier alpha value is -1.95. The number of benzene rings is 1. The highest BCUT2D eigenvalue weighted by atomic mass is 19.1. The first-order valence-electron chi connectivity index (χ1n) is 8.51. The second kappa shape index (κ2) is 8.78. The summed E-state index contributed by atoms with van der Waals surface area (Å²) >= 11 is 0. The first-order valence-corrected chi connectivity index (χ1v) is 8.51. The van der Waals surface area contributed by atoms with Crippen LogP contribution in [0.2, 0.25) is 0 Å². The zero-order valence-electron chi connectivity index (χ0n) is 14.3. The van der Waals surface area contributed by atoms with Gasteiger partial charge >= 0.3 is 0 Å². The molecular formula is C18H26FN3O2. The molecule has 132 valence electrons. The topological polar surface area (TPSA) is 61.4 Å². The summed E-state index contributed by atoms with van der Waals surface area (Å²) in [6.45, 7) is 1.85. The zero-order valence-corrected chi connectivity index (χ0v) is 14.3. The Bertz CT molecular complexity index is 573. The second-order valence-corrected chi connectivity index (χ2v) is 6.49. The Balaban J connectivity index is 1.80. The number of amides is 2. The van der Waals surface area contributed by atoms with Crippen molar-refractivity contribution in [2.75, 3.05) is 18.9 Å². The molecule has 1 unspecified atom stereocenters. The van der Waals surface area contributed by atoms with Gasteiger partial charge in [0.25, 0.3) is 0 Å². The van der Waals surface area contributed by atoms with E-state index in [9.17, 15) is 14.0 Å². The molecule has 6 heteroatoms. The van der Waals surface area contributed by atoms with Gasteiger partial charge < -0.3 is 10.6 Å². The lowest BCUT2D eigenvalue weighted by Crippen LogP contribution is -2.49. The summed E-state index contributed by atoms with van der Waals surface area (Å²) in [7, 11) is 1.73. The fourth-order valence-electron chi connectivity index (χ4n) is 2.90. The van der Waals surface area contributed by atoms with Crippen LogP contribution in [0.3, 0.4) is 0 Å². The van der Waals surface area contributed by atoms with E-state index >= 15 is 0 Å². The van der Waals surface area contributed by atoms with Crippen LogP contribution in [0.15, 0.2) is 24.3 Å². The molecule has 1 aromatic rings. The van der Waals surface area contributed by atoms with Crippen LogP contribution >= 0.6 is 0 Å². The third-order valence-corrected chi connectivity index (χ3v) is 4.49. The molecule has 5 nitrogen and oxygen atoms in total. The van der Waals surface area contributed by atoms with Crippen LogP contribution in [0.1, 0.15) is 39.0 Å². The van der Waals surface area contributed by atoms with E-state index in [1.54, 1.807) is 24.9 Å². The van der Waals surface area contributed by atoms with E-state index in [-0.39, 0.29) is 24.4 Å². The van der Waals surface area contributed by atoms with Gasteiger partial charge in [0.15, 0.2) is 0 Å². The third-order valence-electron chi connectivity index (χ3n) is 4.49. The Kier molecular flexibility index (Phi) is 6.73. The first-order chi connectivity index (χ1) is 11.5. The smallest absolute Gasteiger partial charge is 0.238 e. The summed E-state index contributed by atoms with van der Waals surface area (Å²) in [5.74, 6) is -0.732. The fourth-order valence-corrected chi connectivity index (χ4v) is 2.90. The van der Waals surface area contributed by atoms with Crippen LogP contribution in [0.4, 0.5) is 10.1 Å². The molecule has 0 spiro atoms. The lowest BCUT2D eigenvalue weighted by molar-refractivity contribution is -0.127. The Labute approximate surface area is 142 Å². The lowest BCUT2D eigenvalue weighted by Gasteiger charge is -2.28. The van der Waals surface area contributed by atoms with Gasteiger partial charge in [-0.2, -0.15) is 0 Å². The SMILES string of the molecule is CC(C(=O)NC1CCCCC1)N(C)CC(=O)Nc1cccc(F)c1. The van der Waals surface area contributed by atoms with Gasteiger partial charge in [-0.15, -0.1) is 0 Å². The van der Waals surface area contributed by atoms with Gasteiger partial charge in [0.05, 0.1) is 12.6 Å². The highest BCUT2D eigenvalue weighted by Crippen LogP contribution is 2.17. The van der Waals surface area contributed by atoms with Crippen molar-refractivity contribution < 1.29 is 14.0 Å². The van der Waals surface area contributed by atoms with E-state index < -0.39 is 11.9 Å². The van der Waals surface area contributed by atoms with Gasteiger partial charge in [0.2, 0.25) is 11.8 Å². The Morgan fingerprint density at radius 2 is 2.00 bits per heavy atom. The number of nitrogens with zero attached hydrogens (tertiary/aromatic N) is 1. The van der Waals surface area contributed by atoms with E-state index in [1.165, 1.54) is 24.6 Å². The highest BCUT2D eigenvalue weighted by molar-refractivity contribution is 5.92. The number of halogens is 1.